The first kappa shape index (κ1) is 19.8. The van der Waals surface area contributed by atoms with E-state index in [2.05, 4.69) is 14.9 Å². The fourth-order valence-corrected chi connectivity index (χ4v) is 5.21. The zero-order valence-corrected chi connectivity index (χ0v) is 18.0. The summed E-state index contributed by atoms with van der Waals surface area (Å²) in [5.41, 5.74) is 10.4. The number of anilines is 1. The Kier molecular flexibility index (Phi) is 5.04. The van der Waals surface area contributed by atoms with Crippen molar-refractivity contribution in [2.45, 2.75) is 31.7 Å². The highest BCUT2D eigenvalue weighted by molar-refractivity contribution is 7.19. The van der Waals surface area contributed by atoms with Gasteiger partial charge in [0.25, 0.3) is 0 Å². The molecule has 0 radical (unpaired) electrons. The van der Waals surface area contributed by atoms with Crippen molar-refractivity contribution in [1.82, 2.24) is 19.5 Å². The molecule has 0 atom stereocenters. The fraction of sp³-hybridized carbons (Fsp3) is 0.364. The number of hydrogen-bond donors (Lipinski definition) is 1. The molecule has 7 nitrogen and oxygen atoms in total. The van der Waals surface area contributed by atoms with E-state index in [1.165, 1.54) is 6.08 Å². The molecule has 4 heterocycles. The molecule has 158 valence electrons. The third-order valence-corrected chi connectivity index (χ3v) is 7.08. The molecule has 31 heavy (non-hydrogen) atoms. The maximum Gasteiger partial charge on any atom is 0.186 e. The van der Waals surface area contributed by atoms with Crippen LogP contribution in [-0.4, -0.2) is 38.7 Å². The summed E-state index contributed by atoms with van der Waals surface area (Å²) in [4.78, 5) is 17.1. The lowest BCUT2D eigenvalue weighted by atomic mass is 9.95. The minimum absolute atomic E-state index is 0.197. The summed E-state index contributed by atoms with van der Waals surface area (Å²) in [6, 6.07) is 4.19. The third kappa shape index (κ3) is 3.62. The second kappa shape index (κ2) is 7.87. The first-order chi connectivity index (χ1) is 15.0. The van der Waals surface area contributed by atoms with Crippen molar-refractivity contribution in [2.24, 2.45) is 12.8 Å². The van der Waals surface area contributed by atoms with Gasteiger partial charge in [-0.1, -0.05) is 11.3 Å². The molecule has 2 aliphatic rings. The average molecular weight is 436 g/mol. The van der Waals surface area contributed by atoms with E-state index in [-0.39, 0.29) is 11.6 Å². The zero-order valence-electron chi connectivity index (χ0n) is 17.2. The van der Waals surface area contributed by atoms with Gasteiger partial charge in [0.1, 0.15) is 11.3 Å². The minimum Gasteiger partial charge on any atom is -0.348 e. The molecule has 0 saturated carbocycles. The highest BCUT2D eigenvalue weighted by atomic mass is 32.1. The van der Waals surface area contributed by atoms with E-state index >= 15 is 0 Å². The van der Waals surface area contributed by atoms with Gasteiger partial charge >= 0.3 is 0 Å². The van der Waals surface area contributed by atoms with Crippen LogP contribution in [0.4, 0.5) is 9.52 Å². The standard InChI is InChI=1S/C22H22FN7S/c1-29-12-27-18-9-15(11-26-21(18)29)20-19(13-2-3-14(10-24)17(23)8-13)28-22(31-20)30-6-4-16(25)5-7-30/h8-9,11-12,16H,2-7,25H2,1H3. The number of fused-ring (bicyclic) bond motifs is 1. The molecule has 1 fully saturated rings. The molecule has 2 N–H and O–H groups in total. The Bertz CT molecular complexity index is 1250. The summed E-state index contributed by atoms with van der Waals surface area (Å²) in [5.74, 6) is -0.466. The predicted molar refractivity (Wildman–Crippen MR) is 120 cm³/mol. The highest BCUT2D eigenvalue weighted by Crippen LogP contribution is 2.42. The number of imidazole rings is 1. The van der Waals surface area contributed by atoms with E-state index in [0.29, 0.717) is 12.8 Å². The van der Waals surface area contributed by atoms with E-state index in [0.717, 1.165) is 63.9 Å². The number of aryl methyl sites for hydroxylation is 1. The molecule has 1 saturated heterocycles. The van der Waals surface area contributed by atoms with E-state index in [9.17, 15) is 4.39 Å². The Hall–Kier alpha value is -3.09. The van der Waals surface area contributed by atoms with Gasteiger partial charge in [-0.3, -0.25) is 0 Å². The van der Waals surface area contributed by atoms with Crippen molar-refractivity contribution in [3.05, 3.63) is 41.8 Å². The van der Waals surface area contributed by atoms with Crippen LogP contribution in [-0.2, 0) is 7.05 Å². The van der Waals surface area contributed by atoms with E-state index in [1.807, 2.05) is 29.9 Å². The highest BCUT2D eigenvalue weighted by Gasteiger charge is 2.25. The van der Waals surface area contributed by atoms with Gasteiger partial charge in [-0.15, -0.1) is 0 Å². The number of nitrogens with two attached hydrogens (primary N) is 1. The number of pyridine rings is 1. The number of rotatable bonds is 3. The second-order valence-electron chi connectivity index (χ2n) is 8.03. The third-order valence-electron chi connectivity index (χ3n) is 5.91. The Morgan fingerprint density at radius 3 is 2.81 bits per heavy atom. The van der Waals surface area contributed by atoms with Gasteiger partial charge in [0.05, 0.1) is 28.5 Å². The maximum absolute atomic E-state index is 14.4. The molecular weight excluding hydrogens is 413 g/mol. The molecule has 0 unspecified atom stereocenters. The maximum atomic E-state index is 14.4. The largest absolute Gasteiger partial charge is 0.348 e. The fourth-order valence-electron chi connectivity index (χ4n) is 4.08. The number of piperidine rings is 1. The van der Waals surface area contributed by atoms with Gasteiger partial charge in [0, 0.05) is 37.9 Å². The number of nitrogens with zero attached hydrogens (tertiary/aromatic N) is 6. The quantitative estimate of drug-likeness (QED) is 0.669. The van der Waals surface area contributed by atoms with Gasteiger partial charge in [-0.05, 0) is 43.4 Å². The van der Waals surface area contributed by atoms with Gasteiger partial charge < -0.3 is 15.2 Å². The van der Waals surface area contributed by atoms with Gasteiger partial charge in [0.15, 0.2) is 10.8 Å². The summed E-state index contributed by atoms with van der Waals surface area (Å²) in [7, 11) is 1.91. The lowest BCUT2D eigenvalue weighted by molar-refractivity contribution is 0.501. The predicted octanol–water partition coefficient (Wildman–Crippen LogP) is 3.94. The summed E-state index contributed by atoms with van der Waals surface area (Å²) < 4.78 is 16.3. The van der Waals surface area contributed by atoms with E-state index in [1.54, 1.807) is 17.7 Å². The van der Waals surface area contributed by atoms with Gasteiger partial charge in [0.2, 0.25) is 0 Å². The molecule has 1 aliphatic carbocycles. The average Bonchev–Trinajstić information content (AvgIpc) is 3.38. The molecule has 0 aromatic carbocycles. The van der Waals surface area contributed by atoms with E-state index < -0.39 is 5.83 Å². The number of hydrogen-bond acceptors (Lipinski definition) is 7. The summed E-state index contributed by atoms with van der Waals surface area (Å²) in [6.45, 7) is 1.72. The minimum atomic E-state index is -0.466. The van der Waals surface area contributed by atoms with Crippen molar-refractivity contribution in [1.29, 1.82) is 5.26 Å². The molecule has 3 aromatic rings. The molecule has 0 spiro atoms. The SMILES string of the molecule is Cn1cnc2cc(-c3sc(N4CCC(N)CC4)nc3C3=CC(F)=C(C#N)CC3)cnc21. The molecule has 9 heteroatoms. The molecule has 0 amide bonds. The zero-order chi connectivity index (χ0) is 21.5. The van der Waals surface area contributed by atoms with Crippen molar-refractivity contribution >= 4 is 33.2 Å². The number of allylic oxidation sites excluding steroid dienone is 4. The van der Waals surface area contributed by atoms with Gasteiger partial charge in [-0.25, -0.2) is 19.3 Å². The monoisotopic (exact) mass is 435 g/mol. The first-order valence-electron chi connectivity index (χ1n) is 10.3. The van der Waals surface area contributed by atoms with Crippen LogP contribution < -0.4 is 10.6 Å². The van der Waals surface area contributed by atoms with Crippen LogP contribution in [0.5, 0.6) is 0 Å². The lowest BCUT2D eigenvalue weighted by Crippen LogP contribution is -2.39. The molecule has 3 aromatic heterocycles. The van der Waals surface area contributed by atoms with Crippen LogP contribution >= 0.6 is 11.3 Å². The number of aromatic nitrogens is 4. The number of nitriles is 1. The Morgan fingerprint density at radius 1 is 1.26 bits per heavy atom. The molecule has 1 aliphatic heterocycles. The number of halogens is 1. The first-order valence-corrected chi connectivity index (χ1v) is 11.1. The van der Waals surface area contributed by atoms with Crippen molar-refractivity contribution in [2.75, 3.05) is 18.0 Å². The summed E-state index contributed by atoms with van der Waals surface area (Å²) in [6.07, 6.45) is 7.85. The Labute approximate surface area is 183 Å². The molecule has 5 rings (SSSR count). The smallest absolute Gasteiger partial charge is 0.186 e. The number of thiazole rings is 1. The lowest BCUT2D eigenvalue weighted by Gasteiger charge is -2.29. The molecular formula is C22H22FN7S. The van der Waals surface area contributed by atoms with Crippen molar-refractivity contribution in [3.8, 4) is 16.5 Å². The summed E-state index contributed by atoms with van der Waals surface area (Å²) >= 11 is 1.59. The van der Waals surface area contributed by atoms with Crippen LogP contribution in [0, 0.1) is 11.3 Å². The normalized spacial score (nSPS) is 17.9. The van der Waals surface area contributed by atoms with Crippen LogP contribution in [0.25, 0.3) is 27.2 Å². The van der Waals surface area contributed by atoms with Gasteiger partial charge in [-0.2, -0.15) is 5.26 Å². The summed E-state index contributed by atoms with van der Waals surface area (Å²) in [5, 5.41) is 10.0. The van der Waals surface area contributed by atoms with Crippen LogP contribution in [0.15, 0.2) is 36.1 Å². The van der Waals surface area contributed by atoms with Crippen LogP contribution in [0.1, 0.15) is 31.4 Å². The topological polar surface area (TPSA) is 96.6 Å². The second-order valence-corrected chi connectivity index (χ2v) is 9.01. The van der Waals surface area contributed by atoms with Crippen molar-refractivity contribution in [3.63, 3.8) is 0 Å². The van der Waals surface area contributed by atoms with Crippen molar-refractivity contribution < 1.29 is 4.39 Å². The van der Waals surface area contributed by atoms with Crippen LogP contribution in [0.3, 0.4) is 0 Å². The van der Waals surface area contributed by atoms with E-state index in [4.69, 9.17) is 16.0 Å². The Balaban J connectivity index is 1.61. The molecule has 0 bridgehead atoms. The Morgan fingerprint density at radius 2 is 2.06 bits per heavy atom. The van der Waals surface area contributed by atoms with Crippen LogP contribution in [0.2, 0.25) is 0 Å².